The fourth-order valence-electron chi connectivity index (χ4n) is 7.25. The van der Waals surface area contributed by atoms with Crippen LogP contribution in [0.15, 0.2) is 127 Å². The molecule has 0 saturated carbocycles. The topological polar surface area (TPSA) is 57.3 Å². The summed E-state index contributed by atoms with van der Waals surface area (Å²) in [5.41, 5.74) is 5.25. The molecule has 0 amide bonds. The molecule has 0 radical (unpaired) electrons. The van der Waals surface area contributed by atoms with E-state index in [0.717, 1.165) is 53.7 Å². The van der Waals surface area contributed by atoms with Gasteiger partial charge in [0.15, 0.2) is 18.0 Å². The molecule has 226 valence electrons. The largest absolute Gasteiger partial charge is 0.871 e. The summed E-state index contributed by atoms with van der Waals surface area (Å²) in [5, 5.41) is 14.7. The van der Waals surface area contributed by atoms with Crippen LogP contribution in [0.3, 0.4) is 0 Å². The third-order valence-electron chi connectivity index (χ3n) is 9.65. The fraction of sp³-hybridized carbons (Fsp3) is 0.250. The van der Waals surface area contributed by atoms with Gasteiger partial charge < -0.3 is 14.4 Å². The monoisotopic (exact) mass is 594 g/mol. The predicted molar refractivity (Wildman–Crippen MR) is 179 cm³/mol. The van der Waals surface area contributed by atoms with Gasteiger partial charge in [-0.05, 0) is 43.9 Å². The quantitative estimate of drug-likeness (QED) is 0.105. The lowest BCUT2D eigenvalue weighted by atomic mass is 9.73. The third-order valence-corrected chi connectivity index (χ3v) is 9.65. The van der Waals surface area contributed by atoms with Crippen LogP contribution < -0.4 is 9.84 Å². The second-order valence-corrected chi connectivity index (χ2v) is 12.5. The van der Waals surface area contributed by atoms with Crippen molar-refractivity contribution in [3.63, 3.8) is 0 Å². The summed E-state index contributed by atoms with van der Waals surface area (Å²) in [4.78, 5) is 13.8. The van der Waals surface area contributed by atoms with E-state index >= 15 is 0 Å². The highest BCUT2D eigenvalue weighted by atomic mass is 16.5. The molecule has 4 aromatic rings. The second-order valence-electron chi connectivity index (χ2n) is 12.5. The first-order valence-corrected chi connectivity index (χ1v) is 16.0. The number of Topliss-reactive ketones (excluding diaryl/α,β-unsaturated/α-hetero) is 1. The number of para-hydroxylation sites is 3. The molecule has 3 aliphatic rings. The maximum absolute atomic E-state index is 13.8. The number of allylic oxidation sites excluding steroid dienone is 7. The lowest BCUT2D eigenvalue weighted by molar-refractivity contribution is -0.440. The molecule has 0 bridgehead atoms. The molecule has 0 saturated heterocycles. The fourth-order valence-corrected chi connectivity index (χ4v) is 7.25. The van der Waals surface area contributed by atoms with E-state index in [0.29, 0.717) is 24.6 Å². The Labute approximate surface area is 264 Å². The number of ether oxygens (including phenoxy) is 1. The van der Waals surface area contributed by atoms with Gasteiger partial charge in [0.2, 0.25) is 5.69 Å². The molecular weight excluding hydrogens is 556 g/mol. The number of benzene rings is 3. The van der Waals surface area contributed by atoms with Crippen LogP contribution >= 0.6 is 0 Å². The highest BCUT2D eigenvalue weighted by molar-refractivity contribution is 6.41. The first-order valence-electron chi connectivity index (χ1n) is 16.0. The molecule has 1 aliphatic heterocycles. The summed E-state index contributed by atoms with van der Waals surface area (Å²) in [5.74, 6) is 0.977. The standard InChI is InChI=1S/C40H38N2O3/c1-40(23-13-12-16-28-14-6-7-15-28)33-20-9-11-22-35(33)42(24-25-45-29-17-4-3-5-18-29)36(40)26-31-38(43)37(39(31)44)32-27-41(2)34-21-10-8-19-30(32)34/h3-11,14-15,17-22,26-28H,12-13,16,23-25H2,1-2H3. The number of fused-ring (bicyclic) bond motifs is 2. The van der Waals surface area contributed by atoms with Gasteiger partial charge in [-0.15, -0.1) is 0 Å². The number of nitrogens with zero attached hydrogens (tertiary/aromatic N) is 2. The van der Waals surface area contributed by atoms with Crippen LogP contribution in [0.4, 0.5) is 5.69 Å². The normalized spacial score (nSPS) is 20.1. The Morgan fingerprint density at radius 1 is 0.956 bits per heavy atom. The van der Waals surface area contributed by atoms with Gasteiger partial charge in [-0.2, -0.15) is 4.58 Å². The number of ketones is 1. The number of aryl methyl sites for hydroxylation is 1. The molecule has 0 N–H and O–H groups in total. The SMILES string of the molecule is Cn1cc(C2=C([O-])/C(=C/C3=[N+](CCOc4ccccc4)c4ccccc4C3(C)CCCCC3C=CC=C3)C2=O)c2ccccc21. The van der Waals surface area contributed by atoms with E-state index in [2.05, 4.69) is 60.1 Å². The summed E-state index contributed by atoms with van der Waals surface area (Å²) in [6.07, 6.45) is 16.8. The average Bonchev–Trinajstić information content (AvgIpc) is 3.76. The van der Waals surface area contributed by atoms with Gasteiger partial charge in [-0.3, -0.25) is 4.79 Å². The minimum absolute atomic E-state index is 0.178. The molecule has 3 aromatic carbocycles. The van der Waals surface area contributed by atoms with Crippen molar-refractivity contribution < 1.29 is 19.2 Å². The maximum Gasteiger partial charge on any atom is 0.209 e. The van der Waals surface area contributed by atoms with E-state index in [1.807, 2.05) is 78.5 Å². The number of hydrogen-bond donors (Lipinski definition) is 0. The zero-order valence-electron chi connectivity index (χ0n) is 25.9. The Morgan fingerprint density at radius 2 is 1.69 bits per heavy atom. The molecular formula is C40H38N2O3. The minimum Gasteiger partial charge on any atom is -0.871 e. The smallest absolute Gasteiger partial charge is 0.209 e. The van der Waals surface area contributed by atoms with Crippen LogP contribution in [0.1, 0.15) is 43.7 Å². The summed E-state index contributed by atoms with van der Waals surface area (Å²) < 4.78 is 10.4. The summed E-state index contributed by atoms with van der Waals surface area (Å²) in [6, 6.07) is 26.2. The number of carbonyl (C=O) groups is 1. The number of rotatable bonds is 11. The van der Waals surface area contributed by atoms with Gasteiger partial charge in [-0.1, -0.05) is 97.5 Å². The first kappa shape index (κ1) is 28.8. The van der Waals surface area contributed by atoms with Crippen molar-refractivity contribution >= 4 is 33.7 Å². The van der Waals surface area contributed by atoms with Gasteiger partial charge in [0.1, 0.15) is 12.4 Å². The van der Waals surface area contributed by atoms with Crippen molar-refractivity contribution in [1.29, 1.82) is 0 Å². The summed E-state index contributed by atoms with van der Waals surface area (Å²) >= 11 is 0. The molecule has 1 unspecified atom stereocenters. The highest BCUT2D eigenvalue weighted by Crippen LogP contribution is 2.45. The molecule has 7 rings (SSSR count). The Hall–Kier alpha value is -4.90. The van der Waals surface area contributed by atoms with Gasteiger partial charge in [0.25, 0.3) is 0 Å². The van der Waals surface area contributed by atoms with Crippen molar-refractivity contribution in [1.82, 2.24) is 4.57 Å². The minimum atomic E-state index is -0.354. The molecule has 0 spiro atoms. The molecule has 5 nitrogen and oxygen atoms in total. The van der Waals surface area contributed by atoms with E-state index in [9.17, 15) is 9.90 Å². The zero-order valence-corrected chi connectivity index (χ0v) is 25.9. The van der Waals surface area contributed by atoms with Crippen LogP contribution in [0, 0.1) is 5.92 Å². The second kappa shape index (κ2) is 11.9. The third kappa shape index (κ3) is 5.16. The molecule has 1 atom stereocenters. The van der Waals surface area contributed by atoms with E-state index in [4.69, 9.17) is 4.74 Å². The molecule has 5 heteroatoms. The summed E-state index contributed by atoms with van der Waals surface area (Å²) in [7, 11) is 1.95. The van der Waals surface area contributed by atoms with Crippen LogP contribution in [0.25, 0.3) is 16.5 Å². The van der Waals surface area contributed by atoms with Crippen molar-refractivity contribution in [3.8, 4) is 5.75 Å². The van der Waals surface area contributed by atoms with Gasteiger partial charge in [0.05, 0.1) is 5.41 Å². The number of aromatic nitrogens is 1. The van der Waals surface area contributed by atoms with E-state index in [-0.39, 0.29) is 28.1 Å². The van der Waals surface area contributed by atoms with Crippen molar-refractivity contribution in [2.45, 2.75) is 38.0 Å². The number of carbonyl (C=O) groups excluding carboxylic acids is 1. The number of hydrogen-bond acceptors (Lipinski definition) is 3. The zero-order chi connectivity index (χ0) is 31.0. The Morgan fingerprint density at radius 3 is 2.49 bits per heavy atom. The van der Waals surface area contributed by atoms with Crippen LogP contribution in [0.2, 0.25) is 0 Å². The van der Waals surface area contributed by atoms with Crippen molar-refractivity contribution in [2.24, 2.45) is 13.0 Å². The van der Waals surface area contributed by atoms with Crippen LogP contribution in [-0.4, -0.2) is 33.8 Å². The lowest BCUT2D eigenvalue weighted by Gasteiger charge is -2.31. The molecule has 2 heterocycles. The van der Waals surface area contributed by atoms with Crippen molar-refractivity contribution in [2.75, 3.05) is 13.2 Å². The lowest BCUT2D eigenvalue weighted by Crippen LogP contribution is -2.35. The molecule has 2 aliphatic carbocycles. The molecule has 0 fully saturated rings. The molecule has 1 aromatic heterocycles. The predicted octanol–water partition coefficient (Wildman–Crippen LogP) is 7.20. The van der Waals surface area contributed by atoms with Crippen LogP contribution in [-0.2, 0) is 17.3 Å². The first-order chi connectivity index (χ1) is 22.0. The Kier molecular flexibility index (Phi) is 7.62. The Bertz CT molecular complexity index is 1930. The average molecular weight is 595 g/mol. The van der Waals surface area contributed by atoms with E-state index in [1.54, 1.807) is 0 Å². The maximum atomic E-state index is 13.8. The van der Waals surface area contributed by atoms with E-state index in [1.165, 1.54) is 5.56 Å². The summed E-state index contributed by atoms with van der Waals surface area (Å²) in [6.45, 7) is 3.34. The van der Waals surface area contributed by atoms with Crippen LogP contribution in [0.5, 0.6) is 5.75 Å². The number of unbranched alkanes of at least 4 members (excludes halogenated alkanes) is 1. The van der Waals surface area contributed by atoms with Gasteiger partial charge in [-0.25, -0.2) is 0 Å². The molecule has 45 heavy (non-hydrogen) atoms. The van der Waals surface area contributed by atoms with Crippen molar-refractivity contribution in [3.05, 3.63) is 138 Å². The van der Waals surface area contributed by atoms with Gasteiger partial charge in [0, 0.05) is 58.6 Å². The van der Waals surface area contributed by atoms with Gasteiger partial charge >= 0.3 is 0 Å². The Balaban J connectivity index is 1.25. The highest BCUT2D eigenvalue weighted by Gasteiger charge is 2.48. The van der Waals surface area contributed by atoms with E-state index < -0.39 is 0 Å².